The summed E-state index contributed by atoms with van der Waals surface area (Å²) in [4.78, 5) is 14.5. The van der Waals surface area contributed by atoms with Gasteiger partial charge in [0.15, 0.2) is 5.79 Å². The summed E-state index contributed by atoms with van der Waals surface area (Å²) < 4.78 is 33.2. The summed E-state index contributed by atoms with van der Waals surface area (Å²) in [6, 6.07) is -0.742. The molecule has 0 radical (unpaired) electrons. The smallest absolute Gasteiger partial charge is 0.227 e. The lowest BCUT2D eigenvalue weighted by atomic mass is 9.73. The summed E-state index contributed by atoms with van der Waals surface area (Å²) in [6.45, 7) is 13.9. The van der Waals surface area contributed by atoms with Gasteiger partial charge in [0.05, 0.1) is 66.4 Å². The van der Waals surface area contributed by atoms with Crippen molar-refractivity contribution in [1.29, 1.82) is 0 Å². The van der Waals surface area contributed by atoms with E-state index in [0.29, 0.717) is 51.4 Å². The van der Waals surface area contributed by atoms with E-state index in [2.05, 4.69) is 13.8 Å². The number of carbonyl (C=O) groups is 1. The average molecular weight is 753 g/mol. The lowest BCUT2D eigenvalue weighted by Gasteiger charge is -2.54. The van der Waals surface area contributed by atoms with Crippen LogP contribution in [0.4, 0.5) is 0 Å². The molecule has 0 bridgehead atoms. The van der Waals surface area contributed by atoms with Gasteiger partial charge < -0.3 is 54.7 Å². The van der Waals surface area contributed by atoms with Gasteiger partial charge in [0.2, 0.25) is 11.7 Å². The van der Waals surface area contributed by atoms with Crippen molar-refractivity contribution in [3.05, 3.63) is 12.2 Å². The first-order valence-corrected chi connectivity index (χ1v) is 20.8. The Hall–Kier alpha value is -1.19. The SMILES string of the molecule is CCC(C(=O)N(C)C)C1CCCC(C(N)C(O)C(C)C(O)C(CC)C2OC3(C=CC(O)C4(CCC(C5CCC(O)(CC)C(C)O5)O4)O3)C(C)CC2C)O1. The first-order valence-electron chi connectivity index (χ1n) is 20.8. The Kier molecular flexibility index (Phi) is 13.9. The van der Waals surface area contributed by atoms with Crippen molar-refractivity contribution in [2.45, 2.75) is 197 Å². The van der Waals surface area contributed by atoms with Crippen LogP contribution in [0.2, 0.25) is 0 Å². The highest BCUT2D eigenvalue weighted by molar-refractivity contribution is 5.78. The van der Waals surface area contributed by atoms with Crippen LogP contribution in [0.5, 0.6) is 0 Å². The first kappa shape index (κ1) is 42.9. The van der Waals surface area contributed by atoms with Crippen molar-refractivity contribution < 1.29 is 48.9 Å². The number of ether oxygens (including phenoxy) is 5. The zero-order valence-corrected chi connectivity index (χ0v) is 33.9. The molecule has 2 spiro atoms. The molecular formula is C41H72N2O10. The van der Waals surface area contributed by atoms with Gasteiger partial charge in [-0.3, -0.25) is 4.79 Å². The predicted molar refractivity (Wildman–Crippen MR) is 200 cm³/mol. The van der Waals surface area contributed by atoms with E-state index in [9.17, 15) is 25.2 Å². The third-order valence-electron chi connectivity index (χ3n) is 13.9. The van der Waals surface area contributed by atoms with Crippen LogP contribution in [0.15, 0.2) is 12.2 Å². The molecule has 5 heterocycles. The molecule has 53 heavy (non-hydrogen) atoms. The summed E-state index contributed by atoms with van der Waals surface area (Å²) in [5, 5.41) is 45.9. The molecule has 5 rings (SSSR count). The molecule has 5 aliphatic heterocycles. The fourth-order valence-corrected chi connectivity index (χ4v) is 10.2. The van der Waals surface area contributed by atoms with Crippen LogP contribution in [-0.4, -0.2) is 123 Å². The maximum Gasteiger partial charge on any atom is 0.227 e. The van der Waals surface area contributed by atoms with Crippen molar-refractivity contribution in [2.24, 2.45) is 35.3 Å². The molecule has 0 aromatic carbocycles. The number of hydrogen-bond acceptors (Lipinski definition) is 11. The third-order valence-corrected chi connectivity index (χ3v) is 13.9. The summed E-state index contributed by atoms with van der Waals surface area (Å²) >= 11 is 0. The van der Waals surface area contributed by atoms with Crippen molar-refractivity contribution in [2.75, 3.05) is 14.1 Å². The van der Waals surface area contributed by atoms with Gasteiger partial charge in [-0.15, -0.1) is 0 Å². The zero-order valence-electron chi connectivity index (χ0n) is 33.9. The van der Waals surface area contributed by atoms with E-state index in [-0.39, 0.29) is 54.0 Å². The second kappa shape index (κ2) is 17.1. The maximum absolute atomic E-state index is 12.9. The largest absolute Gasteiger partial charge is 0.392 e. The molecule has 1 amide bonds. The second-order valence-electron chi connectivity index (χ2n) is 17.5. The van der Waals surface area contributed by atoms with Gasteiger partial charge in [-0.2, -0.15) is 0 Å². The number of hydrogen-bond donors (Lipinski definition) is 5. The molecular weight excluding hydrogens is 680 g/mol. The Labute approximate surface area is 318 Å². The van der Waals surface area contributed by atoms with E-state index >= 15 is 0 Å². The topological polar surface area (TPSA) is 173 Å². The third kappa shape index (κ3) is 8.43. The van der Waals surface area contributed by atoms with E-state index in [0.717, 1.165) is 19.3 Å². The van der Waals surface area contributed by atoms with Crippen molar-refractivity contribution >= 4 is 5.91 Å². The molecule has 18 unspecified atom stereocenters. The van der Waals surface area contributed by atoms with Crippen LogP contribution in [-0.2, 0) is 28.5 Å². The monoisotopic (exact) mass is 753 g/mol. The number of aliphatic hydroxyl groups is 4. The number of rotatable bonds is 12. The highest BCUT2D eigenvalue weighted by Gasteiger charge is 2.60. The number of nitrogens with two attached hydrogens (primary N) is 1. The van der Waals surface area contributed by atoms with Crippen molar-refractivity contribution in [3.8, 4) is 0 Å². The Morgan fingerprint density at radius 2 is 1.62 bits per heavy atom. The van der Waals surface area contributed by atoms with Crippen molar-refractivity contribution in [3.63, 3.8) is 0 Å². The van der Waals surface area contributed by atoms with Gasteiger partial charge in [-0.25, -0.2) is 0 Å². The zero-order chi connectivity index (χ0) is 39.0. The Balaban J connectivity index is 1.27. The minimum Gasteiger partial charge on any atom is -0.392 e. The van der Waals surface area contributed by atoms with Gasteiger partial charge in [-0.05, 0) is 89.2 Å². The lowest BCUT2D eigenvalue weighted by Crippen LogP contribution is -2.62. The fraction of sp³-hybridized carbons (Fsp3) is 0.927. The molecule has 12 nitrogen and oxygen atoms in total. The summed E-state index contributed by atoms with van der Waals surface area (Å²) in [5.74, 6) is -3.68. The molecule has 5 aliphatic rings. The van der Waals surface area contributed by atoms with Crippen LogP contribution in [0.1, 0.15) is 119 Å². The summed E-state index contributed by atoms with van der Waals surface area (Å²) in [6.07, 6.45) is 5.88. The molecule has 12 heteroatoms. The van der Waals surface area contributed by atoms with Gasteiger partial charge >= 0.3 is 0 Å². The standard InChI is InChI=1S/C41H72N2O10/c1-10-27(38(47)43(8)9)29-14-13-15-32(50-29)34(42)36(46)25(6)35(45)28(11-2)37-23(4)22-24(5)40(52-37)21-18-33(44)41(53-40)20-17-31(51-41)30-16-19-39(48,12-3)26(7)49-30/h18,21,23-37,44-46,48H,10-17,19-20,22,42H2,1-9H3. The Morgan fingerprint density at radius 3 is 2.25 bits per heavy atom. The first-order chi connectivity index (χ1) is 25.0. The van der Waals surface area contributed by atoms with Gasteiger partial charge in [0, 0.05) is 38.3 Å². The lowest BCUT2D eigenvalue weighted by molar-refractivity contribution is -0.403. The van der Waals surface area contributed by atoms with Crippen LogP contribution in [0.25, 0.3) is 0 Å². The van der Waals surface area contributed by atoms with Gasteiger partial charge in [0.25, 0.3) is 0 Å². The average Bonchev–Trinajstić information content (AvgIpc) is 3.57. The Bertz CT molecular complexity index is 1250. The van der Waals surface area contributed by atoms with E-state index < -0.39 is 59.7 Å². The molecule has 0 aromatic heterocycles. The highest BCUT2D eigenvalue weighted by atomic mass is 16.8. The van der Waals surface area contributed by atoms with Gasteiger partial charge in [0.1, 0.15) is 6.10 Å². The molecule has 6 N–H and O–H groups in total. The van der Waals surface area contributed by atoms with E-state index in [1.165, 1.54) is 0 Å². The minimum atomic E-state index is -1.31. The molecule has 0 aromatic rings. The van der Waals surface area contributed by atoms with Crippen LogP contribution in [0.3, 0.4) is 0 Å². The molecule has 0 saturated carbocycles. The normalized spacial score (nSPS) is 44.0. The fourth-order valence-electron chi connectivity index (χ4n) is 10.2. The number of nitrogens with zero attached hydrogens (tertiary/aromatic N) is 1. The molecule has 18 atom stereocenters. The quantitative estimate of drug-likeness (QED) is 0.182. The summed E-state index contributed by atoms with van der Waals surface area (Å²) in [7, 11) is 3.51. The molecule has 4 saturated heterocycles. The predicted octanol–water partition coefficient (Wildman–Crippen LogP) is 4.04. The second-order valence-corrected chi connectivity index (χ2v) is 17.5. The van der Waals surface area contributed by atoms with Crippen LogP contribution in [0, 0.1) is 29.6 Å². The number of carbonyl (C=O) groups excluding carboxylic acids is 1. The maximum atomic E-state index is 12.9. The minimum absolute atomic E-state index is 0.0329. The van der Waals surface area contributed by atoms with Crippen molar-refractivity contribution in [1.82, 2.24) is 4.90 Å². The molecule has 0 aliphatic carbocycles. The Morgan fingerprint density at radius 1 is 0.943 bits per heavy atom. The summed E-state index contributed by atoms with van der Waals surface area (Å²) in [5.41, 5.74) is 5.87. The molecule has 306 valence electrons. The van der Waals surface area contributed by atoms with Crippen LogP contribution < -0.4 is 5.73 Å². The van der Waals surface area contributed by atoms with E-state index in [1.54, 1.807) is 25.1 Å². The molecule has 4 fully saturated rings. The van der Waals surface area contributed by atoms with E-state index in [4.69, 9.17) is 29.4 Å². The number of aliphatic hydroxyl groups excluding tert-OH is 3. The van der Waals surface area contributed by atoms with Gasteiger partial charge in [-0.1, -0.05) is 41.5 Å². The van der Waals surface area contributed by atoms with Crippen LogP contribution >= 0.6 is 0 Å². The van der Waals surface area contributed by atoms with E-state index in [1.807, 2.05) is 40.7 Å². The highest BCUT2D eigenvalue weighted by Crippen LogP contribution is 2.51. The number of amides is 1.